The topological polar surface area (TPSA) is 92.8 Å². The Balaban J connectivity index is 1.93. The van der Waals surface area contributed by atoms with Gasteiger partial charge in [-0.1, -0.05) is 19.3 Å². The molecule has 1 amide bonds. The molecule has 0 atom stereocenters. The number of esters is 1. The van der Waals surface area contributed by atoms with Crippen molar-refractivity contribution in [2.75, 3.05) is 19.7 Å². The molecule has 1 aromatic rings. The lowest BCUT2D eigenvalue weighted by molar-refractivity contribution is -0.134. The van der Waals surface area contributed by atoms with Gasteiger partial charge in [-0.15, -0.1) is 0 Å². The van der Waals surface area contributed by atoms with E-state index in [1.165, 1.54) is 30.7 Å². The van der Waals surface area contributed by atoms with Crippen molar-refractivity contribution in [2.45, 2.75) is 63.3 Å². The van der Waals surface area contributed by atoms with E-state index in [9.17, 15) is 18.0 Å². The minimum atomic E-state index is -3.67. The van der Waals surface area contributed by atoms with E-state index in [0.717, 1.165) is 25.7 Å². The van der Waals surface area contributed by atoms with Gasteiger partial charge >= 0.3 is 5.97 Å². The Labute approximate surface area is 167 Å². The highest BCUT2D eigenvalue weighted by Gasteiger charge is 2.22. The van der Waals surface area contributed by atoms with Crippen molar-refractivity contribution in [1.29, 1.82) is 0 Å². The fraction of sp³-hybridized carbons (Fsp3) is 0.600. The molecule has 1 aliphatic heterocycles. The van der Waals surface area contributed by atoms with E-state index in [1.54, 1.807) is 25.7 Å². The first-order chi connectivity index (χ1) is 13.1. The summed E-state index contributed by atoms with van der Waals surface area (Å²) < 4.78 is 32.3. The smallest absolute Gasteiger partial charge is 0.338 e. The third kappa shape index (κ3) is 6.91. The molecule has 1 fully saturated rings. The van der Waals surface area contributed by atoms with Crippen molar-refractivity contribution in [3.63, 3.8) is 0 Å². The zero-order chi connectivity index (χ0) is 20.8. The number of nitrogens with zero attached hydrogens (tertiary/aromatic N) is 1. The van der Waals surface area contributed by atoms with Crippen LogP contribution in [0.3, 0.4) is 0 Å². The van der Waals surface area contributed by atoms with Gasteiger partial charge in [0.05, 0.1) is 10.5 Å². The van der Waals surface area contributed by atoms with Gasteiger partial charge in [-0.2, -0.15) is 0 Å². The Hall–Kier alpha value is -1.93. The van der Waals surface area contributed by atoms with Gasteiger partial charge in [-0.05, 0) is 57.9 Å². The van der Waals surface area contributed by atoms with Crippen LogP contribution in [0, 0.1) is 0 Å². The van der Waals surface area contributed by atoms with Crippen molar-refractivity contribution in [3.8, 4) is 0 Å². The Kier molecular flexibility index (Phi) is 7.60. The quantitative estimate of drug-likeness (QED) is 0.754. The molecule has 7 nitrogen and oxygen atoms in total. The molecule has 1 aliphatic rings. The highest BCUT2D eigenvalue weighted by Crippen LogP contribution is 2.15. The van der Waals surface area contributed by atoms with Gasteiger partial charge < -0.3 is 9.64 Å². The average Bonchev–Trinajstić information content (AvgIpc) is 2.57. The third-order valence-corrected chi connectivity index (χ3v) is 6.15. The lowest BCUT2D eigenvalue weighted by Gasteiger charge is -2.24. The first-order valence-corrected chi connectivity index (χ1v) is 11.2. The molecule has 2 rings (SSSR count). The fourth-order valence-electron chi connectivity index (χ4n) is 3.03. The van der Waals surface area contributed by atoms with E-state index >= 15 is 0 Å². The summed E-state index contributed by atoms with van der Waals surface area (Å²) in [7, 11) is -3.67. The van der Waals surface area contributed by atoms with Crippen molar-refractivity contribution in [1.82, 2.24) is 9.62 Å². The molecular weight excluding hydrogens is 380 g/mol. The number of carbonyl (C=O) groups is 2. The van der Waals surface area contributed by atoms with E-state index in [2.05, 4.69) is 4.72 Å². The SMILES string of the molecule is CC(C)(C)NS(=O)(=O)c1ccc(C(=O)OCC(=O)N2CCCCCCC2)cc1. The van der Waals surface area contributed by atoms with Crippen LogP contribution in [0.1, 0.15) is 63.2 Å². The van der Waals surface area contributed by atoms with Crippen molar-refractivity contribution < 1.29 is 22.7 Å². The molecule has 28 heavy (non-hydrogen) atoms. The summed E-state index contributed by atoms with van der Waals surface area (Å²) >= 11 is 0. The number of amides is 1. The Morgan fingerprint density at radius 3 is 2.07 bits per heavy atom. The normalized spacial score (nSPS) is 16.2. The molecule has 0 spiro atoms. The van der Waals surface area contributed by atoms with Crippen molar-refractivity contribution in [2.24, 2.45) is 0 Å². The van der Waals surface area contributed by atoms with Crippen LogP contribution in [0.15, 0.2) is 29.2 Å². The number of benzene rings is 1. The predicted octanol–water partition coefficient (Wildman–Crippen LogP) is 2.71. The summed E-state index contributed by atoms with van der Waals surface area (Å²) in [5, 5.41) is 0. The first-order valence-electron chi connectivity index (χ1n) is 9.67. The highest BCUT2D eigenvalue weighted by molar-refractivity contribution is 7.89. The zero-order valence-corrected chi connectivity index (χ0v) is 17.7. The van der Waals surface area contributed by atoms with Crippen LogP contribution < -0.4 is 4.72 Å². The summed E-state index contributed by atoms with van der Waals surface area (Å²) in [6.07, 6.45) is 5.37. The summed E-state index contributed by atoms with van der Waals surface area (Å²) in [4.78, 5) is 26.3. The molecule has 1 saturated heterocycles. The van der Waals surface area contributed by atoms with Crippen LogP contribution in [-0.4, -0.2) is 50.4 Å². The van der Waals surface area contributed by atoms with Gasteiger partial charge in [0.1, 0.15) is 0 Å². The minimum Gasteiger partial charge on any atom is -0.452 e. The molecule has 1 aromatic carbocycles. The van der Waals surface area contributed by atoms with E-state index < -0.39 is 21.5 Å². The summed E-state index contributed by atoms with van der Waals surface area (Å²) in [5.74, 6) is -0.836. The second-order valence-electron chi connectivity index (χ2n) is 8.10. The Bertz CT molecular complexity index is 774. The van der Waals surface area contributed by atoms with E-state index in [-0.39, 0.29) is 23.0 Å². The summed E-state index contributed by atoms with van der Waals surface area (Å²) in [6.45, 7) is 6.34. The van der Waals surface area contributed by atoms with Crippen LogP contribution in [0.5, 0.6) is 0 Å². The third-order valence-electron chi connectivity index (χ3n) is 4.38. The zero-order valence-electron chi connectivity index (χ0n) is 16.9. The summed E-state index contributed by atoms with van der Waals surface area (Å²) in [5.41, 5.74) is -0.404. The number of ether oxygens (including phenoxy) is 1. The first kappa shape index (κ1) is 22.4. The van der Waals surface area contributed by atoms with Crippen LogP contribution in [0.2, 0.25) is 0 Å². The molecule has 0 aromatic heterocycles. The van der Waals surface area contributed by atoms with Gasteiger partial charge in [-0.25, -0.2) is 17.9 Å². The molecule has 8 heteroatoms. The molecule has 0 saturated carbocycles. The second-order valence-corrected chi connectivity index (χ2v) is 9.79. The maximum absolute atomic E-state index is 12.3. The lowest BCUT2D eigenvalue weighted by Crippen LogP contribution is -2.40. The molecular formula is C20H30N2O5S. The molecule has 0 unspecified atom stereocenters. The Morgan fingerprint density at radius 2 is 1.54 bits per heavy atom. The minimum absolute atomic E-state index is 0.0654. The molecule has 1 N–H and O–H groups in total. The number of sulfonamides is 1. The number of carbonyl (C=O) groups excluding carboxylic acids is 2. The fourth-order valence-corrected chi connectivity index (χ4v) is 4.45. The number of likely N-dealkylation sites (tertiary alicyclic amines) is 1. The van der Waals surface area contributed by atoms with Gasteiger partial charge in [0.25, 0.3) is 5.91 Å². The van der Waals surface area contributed by atoms with Crippen LogP contribution >= 0.6 is 0 Å². The summed E-state index contributed by atoms with van der Waals surface area (Å²) in [6, 6.07) is 5.48. The van der Waals surface area contributed by atoms with E-state index in [1.807, 2.05) is 0 Å². The molecule has 0 bridgehead atoms. The maximum atomic E-state index is 12.3. The average molecular weight is 411 g/mol. The van der Waals surface area contributed by atoms with E-state index in [4.69, 9.17) is 4.74 Å². The van der Waals surface area contributed by atoms with Crippen molar-refractivity contribution in [3.05, 3.63) is 29.8 Å². The molecule has 0 radical (unpaired) electrons. The highest BCUT2D eigenvalue weighted by atomic mass is 32.2. The number of hydrogen-bond donors (Lipinski definition) is 1. The van der Waals surface area contributed by atoms with Crippen molar-refractivity contribution >= 4 is 21.9 Å². The van der Waals surface area contributed by atoms with Crippen LogP contribution in [-0.2, 0) is 19.6 Å². The van der Waals surface area contributed by atoms with Gasteiger partial charge in [0.2, 0.25) is 10.0 Å². The number of rotatable bonds is 5. The molecule has 1 heterocycles. The van der Waals surface area contributed by atoms with E-state index in [0.29, 0.717) is 13.1 Å². The monoisotopic (exact) mass is 410 g/mol. The number of hydrogen-bond acceptors (Lipinski definition) is 5. The predicted molar refractivity (Wildman–Crippen MR) is 106 cm³/mol. The van der Waals surface area contributed by atoms with Crippen LogP contribution in [0.25, 0.3) is 0 Å². The van der Waals surface area contributed by atoms with Gasteiger partial charge in [-0.3, -0.25) is 4.79 Å². The molecule has 0 aliphatic carbocycles. The van der Waals surface area contributed by atoms with Gasteiger partial charge in [0, 0.05) is 18.6 Å². The largest absolute Gasteiger partial charge is 0.452 e. The van der Waals surface area contributed by atoms with Crippen LogP contribution in [0.4, 0.5) is 0 Å². The maximum Gasteiger partial charge on any atom is 0.338 e. The standard InChI is InChI=1S/C20H30N2O5S/c1-20(2,3)21-28(25,26)17-11-9-16(10-12-17)19(24)27-15-18(23)22-13-7-5-4-6-8-14-22/h9-12,21H,4-8,13-15H2,1-3H3. The molecule has 156 valence electrons. The second kappa shape index (κ2) is 9.52. The van der Waals surface area contributed by atoms with Gasteiger partial charge in [0.15, 0.2) is 6.61 Å². The Morgan fingerprint density at radius 1 is 1.00 bits per heavy atom. The number of nitrogens with one attached hydrogen (secondary N) is 1. The lowest BCUT2D eigenvalue weighted by atomic mass is 10.1.